The molecule has 31 heavy (non-hydrogen) atoms. The second-order valence-electron chi connectivity index (χ2n) is 8.68. The highest BCUT2D eigenvalue weighted by Gasteiger charge is 2.43. The number of imidazole rings is 1. The van der Waals surface area contributed by atoms with Gasteiger partial charge in [-0.1, -0.05) is 0 Å². The third-order valence-electron chi connectivity index (χ3n) is 6.12. The van der Waals surface area contributed by atoms with E-state index in [2.05, 4.69) is 48.6 Å². The fraction of sp³-hybridized carbons (Fsp3) is 0.500. The maximum Gasteiger partial charge on any atom is 0.227 e. The first-order chi connectivity index (χ1) is 14.8. The lowest BCUT2D eigenvalue weighted by Crippen LogP contribution is -2.33. The maximum absolute atomic E-state index is 11.8. The topological polar surface area (TPSA) is 109 Å². The van der Waals surface area contributed by atoms with Gasteiger partial charge in [0.05, 0.1) is 24.3 Å². The third-order valence-corrected chi connectivity index (χ3v) is 7.36. The zero-order chi connectivity index (χ0) is 21.8. The minimum absolute atomic E-state index is 0.305. The summed E-state index contributed by atoms with van der Waals surface area (Å²) in [6.07, 6.45) is 6.61. The van der Waals surface area contributed by atoms with Gasteiger partial charge in [-0.05, 0) is 31.7 Å². The molecule has 0 amide bonds. The Bertz CT molecular complexity index is 1210. The molecule has 0 saturated carbocycles. The van der Waals surface area contributed by atoms with Gasteiger partial charge < -0.3 is 14.8 Å². The molecule has 0 bridgehead atoms. The maximum atomic E-state index is 11.8. The molecular weight excluding hydrogens is 416 g/mol. The van der Waals surface area contributed by atoms with Crippen LogP contribution in [0.2, 0.25) is 0 Å². The van der Waals surface area contributed by atoms with Crippen LogP contribution in [0.4, 0.5) is 17.6 Å². The summed E-state index contributed by atoms with van der Waals surface area (Å²) < 4.78 is 27.3. The van der Waals surface area contributed by atoms with Crippen LogP contribution in [0.15, 0.2) is 30.9 Å². The van der Waals surface area contributed by atoms with Gasteiger partial charge >= 0.3 is 0 Å². The Morgan fingerprint density at radius 2 is 1.81 bits per heavy atom. The highest BCUT2D eigenvalue weighted by molar-refractivity contribution is 7.88. The van der Waals surface area contributed by atoms with Crippen molar-refractivity contribution in [3.05, 3.63) is 30.9 Å². The van der Waals surface area contributed by atoms with Crippen LogP contribution in [0.5, 0.6) is 0 Å². The van der Waals surface area contributed by atoms with E-state index in [4.69, 9.17) is 0 Å². The van der Waals surface area contributed by atoms with Gasteiger partial charge in [0.1, 0.15) is 17.2 Å². The number of fused-ring (bicyclic) bond motifs is 2. The van der Waals surface area contributed by atoms with Crippen molar-refractivity contribution in [1.82, 2.24) is 28.8 Å². The van der Waals surface area contributed by atoms with Crippen LogP contribution in [0.3, 0.4) is 0 Å². The van der Waals surface area contributed by atoms with Gasteiger partial charge in [-0.2, -0.15) is 4.98 Å². The summed E-state index contributed by atoms with van der Waals surface area (Å²) in [6, 6.07) is 4.10. The van der Waals surface area contributed by atoms with Crippen molar-refractivity contribution in [3.63, 3.8) is 0 Å². The van der Waals surface area contributed by atoms with Crippen molar-refractivity contribution in [1.29, 1.82) is 0 Å². The number of nitrogens with one attached hydrogen (secondary N) is 1. The lowest BCUT2D eigenvalue weighted by molar-refractivity contribution is 0.457. The minimum atomic E-state index is -3.13. The van der Waals surface area contributed by atoms with E-state index in [-0.39, 0.29) is 0 Å². The number of hydrogen-bond donors (Lipinski definition) is 1. The first kappa shape index (κ1) is 20.1. The molecule has 3 aromatic heterocycles. The molecule has 11 heteroatoms. The number of rotatable bonds is 5. The summed E-state index contributed by atoms with van der Waals surface area (Å²) >= 11 is 0. The van der Waals surface area contributed by atoms with E-state index in [0.717, 1.165) is 24.1 Å². The Morgan fingerprint density at radius 1 is 1.06 bits per heavy atom. The van der Waals surface area contributed by atoms with Gasteiger partial charge in [-0.25, -0.2) is 27.7 Å². The van der Waals surface area contributed by atoms with Crippen LogP contribution in [0, 0.1) is 11.8 Å². The second-order valence-corrected chi connectivity index (χ2v) is 10.7. The van der Waals surface area contributed by atoms with E-state index >= 15 is 0 Å². The fourth-order valence-electron chi connectivity index (χ4n) is 4.50. The van der Waals surface area contributed by atoms with Crippen LogP contribution in [-0.4, -0.2) is 69.7 Å². The van der Waals surface area contributed by atoms with E-state index in [1.807, 2.05) is 18.5 Å². The van der Waals surface area contributed by atoms with Gasteiger partial charge in [0, 0.05) is 44.5 Å². The first-order valence-electron chi connectivity index (χ1n) is 10.4. The summed E-state index contributed by atoms with van der Waals surface area (Å²) in [5.41, 5.74) is 1.87. The molecule has 1 N–H and O–H groups in total. The smallest absolute Gasteiger partial charge is 0.227 e. The summed E-state index contributed by atoms with van der Waals surface area (Å²) in [4.78, 5) is 20.1. The second kappa shape index (κ2) is 7.41. The molecule has 0 spiro atoms. The summed E-state index contributed by atoms with van der Waals surface area (Å²) in [5, 5.41) is 3.28. The number of aromatic nitrogens is 5. The van der Waals surface area contributed by atoms with Crippen molar-refractivity contribution < 1.29 is 8.42 Å². The van der Waals surface area contributed by atoms with Crippen molar-refractivity contribution in [3.8, 4) is 0 Å². The summed E-state index contributed by atoms with van der Waals surface area (Å²) in [7, 11) is -3.13. The molecule has 2 aliphatic heterocycles. The zero-order valence-electron chi connectivity index (χ0n) is 17.8. The van der Waals surface area contributed by atoms with Crippen LogP contribution < -0.4 is 10.2 Å². The molecule has 5 rings (SSSR count). The lowest BCUT2D eigenvalue weighted by Gasteiger charge is -2.20. The normalized spacial score (nSPS) is 21.9. The Hall–Kier alpha value is -2.79. The molecule has 2 saturated heterocycles. The van der Waals surface area contributed by atoms with E-state index < -0.39 is 10.0 Å². The lowest BCUT2D eigenvalue weighted by atomic mass is 10.0. The number of anilines is 3. The van der Waals surface area contributed by atoms with Crippen LogP contribution in [0.1, 0.15) is 19.9 Å². The number of hydrogen-bond acceptors (Lipinski definition) is 8. The van der Waals surface area contributed by atoms with E-state index in [0.29, 0.717) is 48.6 Å². The van der Waals surface area contributed by atoms with Gasteiger partial charge in [0.25, 0.3) is 0 Å². The molecule has 0 aromatic carbocycles. The van der Waals surface area contributed by atoms with E-state index in [9.17, 15) is 8.42 Å². The van der Waals surface area contributed by atoms with Crippen LogP contribution >= 0.6 is 0 Å². The molecule has 2 unspecified atom stereocenters. The molecule has 3 aromatic rings. The number of sulfonamides is 1. The van der Waals surface area contributed by atoms with Gasteiger partial charge in [-0.15, -0.1) is 0 Å². The molecule has 5 heterocycles. The summed E-state index contributed by atoms with van der Waals surface area (Å²) in [6.45, 7) is 6.91. The molecule has 2 fully saturated rings. The van der Waals surface area contributed by atoms with Gasteiger partial charge in [0.15, 0.2) is 0 Å². The van der Waals surface area contributed by atoms with Crippen LogP contribution in [-0.2, 0) is 10.0 Å². The number of pyridine rings is 1. The quantitative estimate of drug-likeness (QED) is 0.638. The molecule has 2 aliphatic rings. The fourth-order valence-corrected chi connectivity index (χ4v) is 5.42. The molecule has 10 nitrogen and oxygen atoms in total. The average molecular weight is 443 g/mol. The molecular formula is C20H26N8O2S. The Kier molecular flexibility index (Phi) is 4.82. The van der Waals surface area contributed by atoms with Gasteiger partial charge in [0.2, 0.25) is 16.0 Å². The van der Waals surface area contributed by atoms with Gasteiger partial charge in [-0.3, -0.25) is 0 Å². The Labute approximate surface area is 181 Å². The highest BCUT2D eigenvalue weighted by atomic mass is 32.2. The monoisotopic (exact) mass is 442 g/mol. The first-order valence-corrected chi connectivity index (χ1v) is 12.3. The minimum Gasteiger partial charge on any atom is -0.340 e. The van der Waals surface area contributed by atoms with E-state index in [1.54, 1.807) is 16.7 Å². The van der Waals surface area contributed by atoms with Crippen molar-refractivity contribution >= 4 is 38.6 Å². The molecule has 164 valence electrons. The molecule has 2 atom stereocenters. The average Bonchev–Trinajstić information content (AvgIpc) is 3.40. The molecule has 0 radical (unpaired) electrons. The number of nitrogens with zero attached hydrogens (tertiary/aromatic N) is 7. The highest BCUT2D eigenvalue weighted by Crippen LogP contribution is 2.34. The van der Waals surface area contributed by atoms with Crippen molar-refractivity contribution in [2.24, 2.45) is 11.8 Å². The predicted octanol–water partition coefficient (Wildman–Crippen LogP) is 1.87. The standard InChI is InChI=1S/C20H26N8O2S/c1-13(2)28-12-23-16-7-22-19(6-17(16)28)24-18-4-5-21-20(25-18)26-8-14-10-27(31(3,29)30)11-15(14)9-26/h4-7,12-15H,8-11H2,1-3H3,(H,21,22,24,25). The van der Waals surface area contributed by atoms with Crippen LogP contribution in [0.25, 0.3) is 11.0 Å². The van der Waals surface area contributed by atoms with Crippen molar-refractivity contribution in [2.75, 3.05) is 42.7 Å². The third kappa shape index (κ3) is 3.83. The van der Waals surface area contributed by atoms with Crippen molar-refractivity contribution in [2.45, 2.75) is 19.9 Å². The SMILES string of the molecule is CC(C)n1cnc2cnc(Nc3ccnc(N4CC5CN(S(C)(=O)=O)CC5C4)n3)cc21. The zero-order valence-corrected chi connectivity index (χ0v) is 18.6. The summed E-state index contributed by atoms with van der Waals surface area (Å²) in [5.74, 6) is 2.65. The Morgan fingerprint density at radius 3 is 2.48 bits per heavy atom. The largest absolute Gasteiger partial charge is 0.340 e. The predicted molar refractivity (Wildman–Crippen MR) is 119 cm³/mol. The Balaban J connectivity index is 1.32. The molecule has 0 aliphatic carbocycles. The van der Waals surface area contributed by atoms with E-state index in [1.165, 1.54) is 6.26 Å².